The van der Waals surface area contributed by atoms with Crippen molar-refractivity contribution in [1.29, 1.82) is 0 Å². The number of aryl methyl sites for hydroxylation is 1. The van der Waals surface area contributed by atoms with Crippen LogP contribution >= 0.6 is 0 Å². The van der Waals surface area contributed by atoms with E-state index in [9.17, 15) is 9.59 Å². The van der Waals surface area contributed by atoms with E-state index >= 15 is 0 Å². The number of rotatable bonds is 9. The van der Waals surface area contributed by atoms with Crippen LogP contribution in [0, 0.1) is 0 Å². The Labute approximate surface area is 213 Å². The van der Waals surface area contributed by atoms with Crippen molar-refractivity contribution >= 4 is 16.8 Å². The molecule has 192 valence electrons. The molecule has 1 fully saturated rings. The molecular formula is C29H37N3O4. The first-order chi connectivity index (χ1) is 17.4. The van der Waals surface area contributed by atoms with Crippen molar-refractivity contribution in [2.24, 2.45) is 0 Å². The summed E-state index contributed by atoms with van der Waals surface area (Å²) in [6.45, 7) is 10.8. The Morgan fingerprint density at radius 1 is 0.972 bits per heavy atom. The summed E-state index contributed by atoms with van der Waals surface area (Å²) in [5, 5.41) is 1.06. The van der Waals surface area contributed by atoms with Gasteiger partial charge in [-0.15, -0.1) is 0 Å². The highest BCUT2D eigenvalue weighted by molar-refractivity contribution is 5.85. The van der Waals surface area contributed by atoms with Gasteiger partial charge in [0, 0.05) is 56.8 Å². The summed E-state index contributed by atoms with van der Waals surface area (Å²) >= 11 is 0. The number of ether oxygens (including phenoxy) is 2. The van der Waals surface area contributed by atoms with Gasteiger partial charge in [-0.1, -0.05) is 32.9 Å². The Balaban J connectivity index is 1.36. The Kier molecular flexibility index (Phi) is 8.31. The van der Waals surface area contributed by atoms with Crippen LogP contribution in [0.1, 0.15) is 44.2 Å². The quantitative estimate of drug-likeness (QED) is 0.447. The van der Waals surface area contributed by atoms with E-state index in [-0.39, 0.29) is 24.0 Å². The van der Waals surface area contributed by atoms with Crippen LogP contribution < -0.4 is 15.0 Å². The van der Waals surface area contributed by atoms with Crippen molar-refractivity contribution in [1.82, 2.24) is 14.4 Å². The number of hydrogen-bond acceptors (Lipinski definition) is 5. The molecule has 1 saturated heterocycles. The Hall–Kier alpha value is -3.32. The summed E-state index contributed by atoms with van der Waals surface area (Å²) in [6, 6.07) is 15.7. The summed E-state index contributed by atoms with van der Waals surface area (Å²) in [7, 11) is 1.67. The fraction of sp³-hybridized carbons (Fsp3) is 0.448. The van der Waals surface area contributed by atoms with E-state index < -0.39 is 0 Å². The van der Waals surface area contributed by atoms with Gasteiger partial charge >= 0.3 is 0 Å². The molecular weight excluding hydrogens is 454 g/mol. The van der Waals surface area contributed by atoms with E-state index in [2.05, 4.69) is 37.8 Å². The SMILES string of the molecule is CCCn1c(=O)cc(C(C)C)c2ccc(OCC(=O)N3CCN(Cc4ccc(OC)cc4)CC3)cc21. The van der Waals surface area contributed by atoms with Crippen molar-refractivity contribution in [3.8, 4) is 11.5 Å². The monoisotopic (exact) mass is 491 g/mol. The maximum atomic E-state index is 12.9. The van der Waals surface area contributed by atoms with E-state index in [1.807, 2.05) is 35.2 Å². The van der Waals surface area contributed by atoms with Crippen molar-refractivity contribution in [3.05, 3.63) is 70.0 Å². The summed E-state index contributed by atoms with van der Waals surface area (Å²) in [6.07, 6.45) is 0.865. The van der Waals surface area contributed by atoms with Gasteiger partial charge in [0.25, 0.3) is 11.5 Å². The Bertz CT molecular complexity index is 1240. The lowest BCUT2D eigenvalue weighted by atomic mass is 9.98. The van der Waals surface area contributed by atoms with E-state index in [1.165, 1.54) is 5.56 Å². The third-order valence-corrected chi connectivity index (χ3v) is 6.84. The number of pyridine rings is 1. The topological polar surface area (TPSA) is 64.0 Å². The van der Waals surface area contributed by atoms with E-state index in [1.54, 1.807) is 17.7 Å². The number of carbonyl (C=O) groups is 1. The zero-order valence-corrected chi connectivity index (χ0v) is 21.8. The van der Waals surface area contributed by atoms with Crippen molar-refractivity contribution in [2.75, 3.05) is 39.9 Å². The molecule has 3 aromatic rings. The molecule has 2 heterocycles. The van der Waals surface area contributed by atoms with Crippen LogP contribution in [0.4, 0.5) is 0 Å². The van der Waals surface area contributed by atoms with Crippen LogP contribution in [0.15, 0.2) is 53.3 Å². The molecule has 0 radical (unpaired) electrons. The van der Waals surface area contributed by atoms with Gasteiger partial charge in [0.05, 0.1) is 12.6 Å². The first kappa shape index (κ1) is 25.8. The molecule has 0 aliphatic carbocycles. The minimum atomic E-state index is -0.0129. The van der Waals surface area contributed by atoms with Crippen molar-refractivity contribution in [2.45, 2.75) is 46.2 Å². The number of amides is 1. The molecule has 4 rings (SSSR count). The van der Waals surface area contributed by atoms with Crippen LogP contribution in [0.3, 0.4) is 0 Å². The van der Waals surface area contributed by atoms with Crippen LogP contribution in [-0.4, -0.2) is 60.2 Å². The molecule has 1 amide bonds. The summed E-state index contributed by atoms with van der Waals surface area (Å²) in [5.74, 6) is 1.70. The predicted molar refractivity (Wildman–Crippen MR) is 143 cm³/mol. The summed E-state index contributed by atoms with van der Waals surface area (Å²) in [5.41, 5.74) is 3.15. The van der Waals surface area contributed by atoms with Gasteiger partial charge in [0.15, 0.2) is 6.61 Å². The number of hydrogen-bond donors (Lipinski definition) is 0. The number of piperazine rings is 1. The van der Waals surface area contributed by atoms with Crippen LogP contribution in [0.2, 0.25) is 0 Å². The van der Waals surface area contributed by atoms with Crippen LogP contribution in [-0.2, 0) is 17.9 Å². The smallest absolute Gasteiger partial charge is 0.260 e. The average Bonchev–Trinajstić information content (AvgIpc) is 2.89. The highest BCUT2D eigenvalue weighted by atomic mass is 16.5. The third kappa shape index (κ3) is 5.90. The lowest BCUT2D eigenvalue weighted by Gasteiger charge is -2.34. The van der Waals surface area contributed by atoms with Crippen LogP contribution in [0.25, 0.3) is 10.9 Å². The Morgan fingerprint density at radius 2 is 1.67 bits per heavy atom. The molecule has 0 bridgehead atoms. The average molecular weight is 492 g/mol. The van der Waals surface area contributed by atoms with Gasteiger partial charge in [-0.25, -0.2) is 0 Å². The second-order valence-electron chi connectivity index (χ2n) is 9.72. The Morgan fingerprint density at radius 3 is 2.31 bits per heavy atom. The largest absolute Gasteiger partial charge is 0.497 e. The number of carbonyl (C=O) groups excluding carboxylic acids is 1. The highest BCUT2D eigenvalue weighted by Crippen LogP contribution is 2.27. The first-order valence-electron chi connectivity index (χ1n) is 12.8. The zero-order chi connectivity index (χ0) is 25.7. The van der Waals surface area contributed by atoms with Gasteiger partial charge in [-0.3, -0.25) is 14.5 Å². The fourth-order valence-electron chi connectivity index (χ4n) is 4.79. The summed E-state index contributed by atoms with van der Waals surface area (Å²) < 4.78 is 12.9. The molecule has 1 aliphatic heterocycles. The summed E-state index contributed by atoms with van der Waals surface area (Å²) in [4.78, 5) is 29.8. The fourth-order valence-corrected chi connectivity index (χ4v) is 4.79. The molecule has 0 N–H and O–H groups in total. The molecule has 1 aromatic heterocycles. The standard InChI is InChI=1S/C29H37N3O4/c1-5-12-32-27-17-24(10-11-25(27)26(21(2)3)18-28(32)33)36-20-29(34)31-15-13-30(14-16-31)19-22-6-8-23(35-4)9-7-22/h6-11,17-18,21H,5,12-16,19-20H2,1-4H3. The van der Waals surface area contributed by atoms with E-state index in [4.69, 9.17) is 9.47 Å². The van der Waals surface area contributed by atoms with Crippen molar-refractivity contribution in [3.63, 3.8) is 0 Å². The molecule has 7 heteroatoms. The second-order valence-corrected chi connectivity index (χ2v) is 9.72. The van der Waals surface area contributed by atoms with Gasteiger partial charge in [-0.05, 0) is 47.7 Å². The minimum Gasteiger partial charge on any atom is -0.497 e. The third-order valence-electron chi connectivity index (χ3n) is 6.84. The van der Waals surface area contributed by atoms with E-state index in [0.717, 1.165) is 48.3 Å². The first-order valence-corrected chi connectivity index (χ1v) is 12.8. The molecule has 0 unspecified atom stereocenters. The molecule has 0 spiro atoms. The number of methoxy groups -OCH3 is 1. The molecule has 1 aliphatic rings. The van der Waals surface area contributed by atoms with E-state index in [0.29, 0.717) is 25.4 Å². The van der Waals surface area contributed by atoms with Crippen molar-refractivity contribution < 1.29 is 14.3 Å². The number of benzene rings is 2. The molecule has 0 atom stereocenters. The maximum Gasteiger partial charge on any atom is 0.260 e. The minimum absolute atomic E-state index is 0.00807. The molecule has 2 aromatic carbocycles. The second kappa shape index (κ2) is 11.6. The zero-order valence-electron chi connectivity index (χ0n) is 21.8. The maximum absolute atomic E-state index is 12.9. The normalized spacial score (nSPS) is 14.4. The number of aromatic nitrogens is 1. The molecule has 7 nitrogen and oxygen atoms in total. The van der Waals surface area contributed by atoms with Gasteiger partial charge in [0.1, 0.15) is 11.5 Å². The van der Waals surface area contributed by atoms with Gasteiger partial charge < -0.3 is 18.9 Å². The number of fused-ring (bicyclic) bond motifs is 1. The molecule has 0 saturated carbocycles. The van der Waals surface area contributed by atoms with Gasteiger partial charge in [0.2, 0.25) is 0 Å². The highest BCUT2D eigenvalue weighted by Gasteiger charge is 2.22. The predicted octanol–water partition coefficient (Wildman–Crippen LogP) is 4.27. The molecule has 36 heavy (non-hydrogen) atoms. The van der Waals surface area contributed by atoms with Crippen LogP contribution in [0.5, 0.6) is 11.5 Å². The lowest BCUT2D eigenvalue weighted by molar-refractivity contribution is -0.135. The van der Waals surface area contributed by atoms with Gasteiger partial charge in [-0.2, -0.15) is 0 Å². The lowest BCUT2D eigenvalue weighted by Crippen LogP contribution is -2.49. The number of nitrogens with zero attached hydrogens (tertiary/aromatic N) is 3.